The van der Waals surface area contributed by atoms with E-state index in [0.717, 1.165) is 31.2 Å². The van der Waals surface area contributed by atoms with Crippen LogP contribution in [-0.2, 0) is 11.4 Å². The quantitative estimate of drug-likeness (QED) is 0.268. The molecule has 1 saturated carbocycles. The van der Waals surface area contributed by atoms with Gasteiger partial charge in [0.15, 0.2) is 11.5 Å². The maximum atomic E-state index is 12.7. The Labute approximate surface area is 193 Å². The Balaban J connectivity index is 1.88. The lowest BCUT2D eigenvalue weighted by atomic mass is 9.86. The van der Waals surface area contributed by atoms with Gasteiger partial charge in [0.1, 0.15) is 18.2 Å². The van der Waals surface area contributed by atoms with E-state index in [-0.39, 0.29) is 41.0 Å². The van der Waals surface area contributed by atoms with Crippen molar-refractivity contribution in [2.24, 2.45) is 5.92 Å². The molecule has 0 spiro atoms. The van der Waals surface area contributed by atoms with Crippen LogP contribution in [0.1, 0.15) is 43.7 Å². The fourth-order valence-corrected chi connectivity index (χ4v) is 3.93. The molecule has 0 aliphatic heterocycles. The normalized spacial score (nSPS) is 18.2. The van der Waals surface area contributed by atoms with Crippen LogP contribution >= 0.6 is 0 Å². The summed E-state index contributed by atoms with van der Waals surface area (Å²) in [6, 6.07) is 13.9. The van der Waals surface area contributed by atoms with Gasteiger partial charge >= 0.3 is 0 Å². The van der Waals surface area contributed by atoms with E-state index in [4.69, 9.17) is 9.47 Å². The minimum Gasteiger partial charge on any atom is -0.493 e. The Kier molecular flexibility index (Phi) is 8.03. The molecule has 0 radical (unpaired) electrons. The molecule has 2 atom stereocenters. The monoisotopic (exact) mass is 449 g/mol. The van der Waals surface area contributed by atoms with Crippen LogP contribution in [0.2, 0.25) is 0 Å². The van der Waals surface area contributed by atoms with Crippen LogP contribution in [0.5, 0.6) is 11.5 Å². The van der Waals surface area contributed by atoms with Crippen molar-refractivity contribution in [1.29, 1.82) is 5.26 Å². The number of carbonyl (C=O) groups excluding carboxylic acids is 1. The van der Waals surface area contributed by atoms with Crippen LogP contribution in [-0.4, -0.2) is 24.0 Å². The lowest BCUT2D eigenvalue weighted by molar-refractivity contribution is -0.385. The number of benzene rings is 2. The number of nitro groups is 1. The number of rotatable bonds is 8. The maximum absolute atomic E-state index is 12.7. The fraction of sp³-hybridized carbons (Fsp3) is 0.360. The number of nitro benzene ring substituents is 1. The molecule has 2 aromatic carbocycles. The molecular weight excluding hydrogens is 422 g/mol. The van der Waals surface area contributed by atoms with Crippen molar-refractivity contribution in [2.75, 3.05) is 7.11 Å². The number of carbonyl (C=O) groups is 1. The second-order valence-corrected chi connectivity index (χ2v) is 8.10. The first-order chi connectivity index (χ1) is 15.9. The summed E-state index contributed by atoms with van der Waals surface area (Å²) in [6.45, 7) is 2.28. The van der Waals surface area contributed by atoms with E-state index in [1.54, 1.807) is 0 Å². The SMILES string of the molecule is COc1cc(C=C(C#N)C(=O)NC2CCCCC2C)c([N+](=O)[O-])cc1OCc1ccccc1. The highest BCUT2D eigenvalue weighted by Crippen LogP contribution is 2.36. The molecule has 1 fully saturated rings. The molecule has 0 aromatic heterocycles. The number of hydrogen-bond donors (Lipinski definition) is 1. The number of nitriles is 1. The summed E-state index contributed by atoms with van der Waals surface area (Å²) in [5.41, 5.74) is 0.500. The van der Waals surface area contributed by atoms with Gasteiger partial charge in [-0.25, -0.2) is 0 Å². The average molecular weight is 450 g/mol. The minimum absolute atomic E-state index is 0.0127. The van der Waals surface area contributed by atoms with Crippen LogP contribution in [0, 0.1) is 27.4 Å². The summed E-state index contributed by atoms with van der Waals surface area (Å²) in [6.07, 6.45) is 5.24. The Bertz CT molecular complexity index is 1080. The lowest BCUT2D eigenvalue weighted by Gasteiger charge is -2.29. The maximum Gasteiger partial charge on any atom is 0.280 e. The first kappa shape index (κ1) is 23.8. The van der Waals surface area contributed by atoms with Crippen LogP contribution < -0.4 is 14.8 Å². The first-order valence-corrected chi connectivity index (χ1v) is 10.9. The van der Waals surface area contributed by atoms with Gasteiger partial charge in [-0.15, -0.1) is 0 Å². The van der Waals surface area contributed by atoms with Crippen molar-refractivity contribution in [3.05, 3.63) is 69.3 Å². The average Bonchev–Trinajstić information content (AvgIpc) is 2.83. The van der Waals surface area contributed by atoms with Gasteiger partial charge in [0.25, 0.3) is 11.6 Å². The summed E-state index contributed by atoms with van der Waals surface area (Å²) in [7, 11) is 1.42. The molecule has 2 unspecified atom stereocenters. The first-order valence-electron chi connectivity index (χ1n) is 10.9. The van der Waals surface area contributed by atoms with Crippen molar-refractivity contribution in [1.82, 2.24) is 5.32 Å². The number of methoxy groups -OCH3 is 1. The second kappa shape index (κ2) is 11.1. The highest BCUT2D eigenvalue weighted by molar-refractivity contribution is 6.02. The van der Waals surface area contributed by atoms with E-state index < -0.39 is 10.8 Å². The van der Waals surface area contributed by atoms with Crippen molar-refractivity contribution in [3.63, 3.8) is 0 Å². The molecule has 1 N–H and O–H groups in total. The van der Waals surface area contributed by atoms with Gasteiger partial charge in [0.2, 0.25) is 0 Å². The van der Waals surface area contributed by atoms with E-state index >= 15 is 0 Å². The topological polar surface area (TPSA) is 114 Å². The van der Waals surface area contributed by atoms with Crippen molar-refractivity contribution in [3.8, 4) is 17.6 Å². The van der Waals surface area contributed by atoms with E-state index in [1.165, 1.54) is 25.3 Å². The van der Waals surface area contributed by atoms with Crippen LogP contribution in [0.15, 0.2) is 48.0 Å². The van der Waals surface area contributed by atoms with Gasteiger partial charge < -0.3 is 14.8 Å². The number of nitrogens with zero attached hydrogens (tertiary/aromatic N) is 2. The number of amides is 1. The zero-order chi connectivity index (χ0) is 23.8. The Morgan fingerprint density at radius 1 is 1.24 bits per heavy atom. The van der Waals surface area contributed by atoms with Gasteiger partial charge in [-0.1, -0.05) is 50.1 Å². The molecule has 1 aliphatic rings. The number of nitrogens with one attached hydrogen (secondary N) is 1. The second-order valence-electron chi connectivity index (χ2n) is 8.10. The summed E-state index contributed by atoms with van der Waals surface area (Å²) in [5.74, 6) is 0.248. The summed E-state index contributed by atoms with van der Waals surface area (Å²) in [5, 5.41) is 24.2. The number of hydrogen-bond acceptors (Lipinski definition) is 6. The molecule has 2 aromatic rings. The molecule has 1 aliphatic carbocycles. The highest BCUT2D eigenvalue weighted by Gasteiger charge is 2.25. The summed E-state index contributed by atoms with van der Waals surface area (Å²) >= 11 is 0. The molecule has 0 bridgehead atoms. The summed E-state index contributed by atoms with van der Waals surface area (Å²) < 4.78 is 11.1. The fourth-order valence-electron chi connectivity index (χ4n) is 3.93. The molecule has 172 valence electrons. The lowest BCUT2D eigenvalue weighted by Crippen LogP contribution is -2.41. The molecule has 3 rings (SSSR count). The summed E-state index contributed by atoms with van der Waals surface area (Å²) in [4.78, 5) is 23.9. The van der Waals surface area contributed by atoms with Gasteiger partial charge in [0.05, 0.1) is 23.7 Å². The molecule has 8 heteroatoms. The third-order valence-corrected chi connectivity index (χ3v) is 5.84. The standard InChI is InChI=1S/C25H27N3O5/c1-17-8-6-7-11-21(17)27-25(29)20(15-26)12-19-13-23(32-2)24(14-22(19)28(30)31)33-16-18-9-4-3-5-10-18/h3-5,9-10,12-14,17,21H,6-8,11,16H2,1-2H3,(H,27,29). The Morgan fingerprint density at radius 2 is 1.97 bits per heavy atom. The van der Waals surface area contributed by atoms with Gasteiger partial charge in [0, 0.05) is 6.04 Å². The van der Waals surface area contributed by atoms with Crippen LogP contribution in [0.4, 0.5) is 5.69 Å². The Morgan fingerprint density at radius 3 is 2.61 bits per heavy atom. The predicted octanol–water partition coefficient (Wildman–Crippen LogP) is 4.78. The largest absolute Gasteiger partial charge is 0.493 e. The molecule has 1 amide bonds. The third kappa shape index (κ3) is 6.10. The van der Waals surface area contributed by atoms with Gasteiger partial charge in [-0.2, -0.15) is 5.26 Å². The highest BCUT2D eigenvalue weighted by atomic mass is 16.6. The molecule has 0 heterocycles. The van der Waals surface area contributed by atoms with E-state index in [9.17, 15) is 20.2 Å². The Hall–Kier alpha value is -3.86. The van der Waals surface area contributed by atoms with Gasteiger partial charge in [-0.05, 0) is 36.5 Å². The van der Waals surface area contributed by atoms with Crippen LogP contribution in [0.25, 0.3) is 6.08 Å². The van der Waals surface area contributed by atoms with Crippen molar-refractivity contribution in [2.45, 2.75) is 45.3 Å². The number of ether oxygens (including phenoxy) is 2. The van der Waals surface area contributed by atoms with E-state index in [0.29, 0.717) is 5.92 Å². The molecule has 33 heavy (non-hydrogen) atoms. The molecule has 0 saturated heterocycles. The molecule has 8 nitrogen and oxygen atoms in total. The predicted molar refractivity (Wildman–Crippen MR) is 124 cm³/mol. The molecular formula is C25H27N3O5. The van der Waals surface area contributed by atoms with Gasteiger partial charge in [-0.3, -0.25) is 14.9 Å². The van der Waals surface area contributed by atoms with E-state index in [1.807, 2.05) is 36.4 Å². The third-order valence-electron chi connectivity index (χ3n) is 5.84. The van der Waals surface area contributed by atoms with Crippen molar-refractivity contribution >= 4 is 17.7 Å². The van der Waals surface area contributed by atoms with Crippen molar-refractivity contribution < 1.29 is 19.2 Å². The zero-order valence-corrected chi connectivity index (χ0v) is 18.7. The van der Waals surface area contributed by atoms with Crippen LogP contribution in [0.3, 0.4) is 0 Å². The zero-order valence-electron chi connectivity index (χ0n) is 18.7. The van der Waals surface area contributed by atoms with E-state index in [2.05, 4.69) is 12.2 Å². The minimum atomic E-state index is -0.573. The smallest absolute Gasteiger partial charge is 0.280 e.